The van der Waals surface area contributed by atoms with Crippen LogP contribution >= 0.6 is 0 Å². The molecule has 1 aliphatic rings. The highest BCUT2D eigenvalue weighted by Crippen LogP contribution is 2.29. The smallest absolute Gasteiger partial charge is 0.364 e. The van der Waals surface area contributed by atoms with Crippen LogP contribution in [-0.4, -0.2) is 71.9 Å². The fourth-order valence-electron chi connectivity index (χ4n) is 5.55. The summed E-state index contributed by atoms with van der Waals surface area (Å²) in [5.41, 5.74) is 0.738. The average molecular weight is 590 g/mol. The second kappa shape index (κ2) is 11.6. The Kier molecular flexibility index (Phi) is 7.84. The first-order chi connectivity index (χ1) is 20.2. The van der Waals surface area contributed by atoms with Crippen LogP contribution in [-0.2, 0) is 11.5 Å². The molecule has 0 spiro atoms. The second-order valence-electron chi connectivity index (χ2n) is 12.1. The van der Waals surface area contributed by atoms with Gasteiger partial charge in [-0.15, -0.1) is 0 Å². The predicted octanol–water partition coefficient (Wildman–Crippen LogP) is 5.00. The molecule has 1 aliphatic heterocycles. The number of ether oxygens (including phenoxy) is 1. The second-order valence-corrected chi connectivity index (χ2v) is 17.8. The van der Waals surface area contributed by atoms with Gasteiger partial charge in [0.05, 0.1) is 5.52 Å². The van der Waals surface area contributed by atoms with Gasteiger partial charge in [-0.25, -0.2) is 19.2 Å². The van der Waals surface area contributed by atoms with E-state index in [-0.39, 0.29) is 18.1 Å². The van der Waals surface area contributed by atoms with Crippen molar-refractivity contribution in [2.75, 3.05) is 44.2 Å². The van der Waals surface area contributed by atoms with E-state index in [1.54, 1.807) is 18.3 Å². The molecule has 1 atom stereocenters. The molecule has 220 valence electrons. The summed E-state index contributed by atoms with van der Waals surface area (Å²) in [5.74, 6) is 0.867. The SMILES string of the molecule is C[Si](C)(C)CCOCn1c(C(O)CN2CCN(c3nccc4ccc(F)cc34)CC2)nc2c(=O)oc3ccccc3c21. The first-order valence-electron chi connectivity index (χ1n) is 14.4. The van der Waals surface area contributed by atoms with E-state index in [0.717, 1.165) is 28.0 Å². The van der Waals surface area contributed by atoms with E-state index in [1.165, 1.54) is 12.1 Å². The molecular weight excluding hydrogens is 553 g/mol. The number of rotatable bonds is 9. The van der Waals surface area contributed by atoms with E-state index in [1.807, 2.05) is 28.8 Å². The summed E-state index contributed by atoms with van der Waals surface area (Å²) in [4.78, 5) is 26.4. The Balaban J connectivity index is 1.23. The number of aliphatic hydroxyl groups excluding tert-OH is 1. The average Bonchev–Trinajstić information content (AvgIpc) is 3.36. The number of halogens is 1. The molecule has 9 nitrogen and oxygen atoms in total. The summed E-state index contributed by atoms with van der Waals surface area (Å²) in [6.45, 7) is 10.7. The first kappa shape index (κ1) is 28.5. The standard InChI is InChI=1S/C31H36FN5O4Si/c1-42(2,3)17-16-40-20-37-28-23-6-4-5-7-26(23)41-31(39)27(28)34-30(37)25(38)19-35-12-14-36(15-13-35)29-24-18-22(32)9-8-21(24)10-11-33-29/h4-11,18,25,38H,12-17,19-20H2,1-3H3. The number of anilines is 1. The van der Waals surface area contributed by atoms with Crippen LogP contribution in [0.3, 0.4) is 0 Å². The highest BCUT2D eigenvalue weighted by atomic mass is 28.3. The molecule has 42 heavy (non-hydrogen) atoms. The van der Waals surface area contributed by atoms with E-state index < -0.39 is 19.8 Å². The Labute approximate surface area is 244 Å². The summed E-state index contributed by atoms with van der Waals surface area (Å²) in [6, 6.07) is 15.0. The van der Waals surface area contributed by atoms with Crippen molar-refractivity contribution in [3.63, 3.8) is 0 Å². The molecule has 0 bridgehead atoms. The fourth-order valence-corrected chi connectivity index (χ4v) is 6.31. The molecule has 0 radical (unpaired) electrons. The van der Waals surface area contributed by atoms with Gasteiger partial charge in [-0.3, -0.25) is 4.90 Å². The third kappa shape index (κ3) is 5.82. The summed E-state index contributed by atoms with van der Waals surface area (Å²) in [6.07, 6.45) is 0.801. The number of hydrogen-bond donors (Lipinski definition) is 1. The lowest BCUT2D eigenvalue weighted by Gasteiger charge is -2.36. The maximum absolute atomic E-state index is 14.0. The number of β-amino-alcohol motifs (C(OH)–C–C–N with tert-alkyl or cyclic N) is 1. The Morgan fingerprint density at radius 3 is 2.64 bits per heavy atom. The van der Waals surface area contributed by atoms with Gasteiger partial charge in [0.15, 0.2) is 5.52 Å². The van der Waals surface area contributed by atoms with Crippen molar-refractivity contribution in [2.24, 2.45) is 0 Å². The van der Waals surface area contributed by atoms with Gasteiger partial charge in [-0.1, -0.05) is 37.8 Å². The molecule has 1 N–H and O–H groups in total. The molecule has 4 heterocycles. The van der Waals surface area contributed by atoms with Gasteiger partial charge in [0.2, 0.25) is 0 Å². The number of nitrogens with zero attached hydrogens (tertiary/aromatic N) is 5. The fraction of sp³-hybridized carbons (Fsp3) is 0.387. The Morgan fingerprint density at radius 1 is 1.07 bits per heavy atom. The summed E-state index contributed by atoms with van der Waals surface area (Å²) in [7, 11) is -1.30. The maximum Gasteiger partial charge on any atom is 0.364 e. The zero-order valence-electron chi connectivity index (χ0n) is 24.2. The Bertz CT molecular complexity index is 1790. The van der Waals surface area contributed by atoms with Crippen molar-refractivity contribution in [1.82, 2.24) is 19.4 Å². The minimum absolute atomic E-state index is 0.178. The Morgan fingerprint density at radius 2 is 1.86 bits per heavy atom. The molecule has 5 aromatic rings. The number of benzene rings is 2. The Hall–Kier alpha value is -3.64. The number of aromatic nitrogens is 3. The van der Waals surface area contributed by atoms with Crippen LogP contribution in [0.15, 0.2) is 63.9 Å². The van der Waals surface area contributed by atoms with Gasteiger partial charge >= 0.3 is 5.63 Å². The van der Waals surface area contributed by atoms with Crippen molar-refractivity contribution in [2.45, 2.75) is 38.5 Å². The number of pyridine rings is 1. The molecule has 1 saturated heterocycles. The lowest BCUT2D eigenvalue weighted by Crippen LogP contribution is -2.48. The quantitative estimate of drug-likeness (QED) is 0.146. The van der Waals surface area contributed by atoms with Crippen molar-refractivity contribution < 1.29 is 18.7 Å². The van der Waals surface area contributed by atoms with E-state index >= 15 is 0 Å². The van der Waals surface area contributed by atoms with Gasteiger partial charge in [-0.2, -0.15) is 0 Å². The number of para-hydroxylation sites is 1. The van der Waals surface area contributed by atoms with Crippen molar-refractivity contribution in [1.29, 1.82) is 0 Å². The van der Waals surface area contributed by atoms with Crippen molar-refractivity contribution in [3.05, 3.63) is 76.8 Å². The molecule has 3 aromatic heterocycles. The van der Waals surface area contributed by atoms with Gasteiger partial charge in [0, 0.05) is 64.4 Å². The zero-order chi connectivity index (χ0) is 29.4. The lowest BCUT2D eigenvalue weighted by atomic mass is 10.1. The minimum Gasteiger partial charge on any atom is -0.421 e. The topological polar surface area (TPSA) is 96.9 Å². The molecule has 1 fully saturated rings. The maximum atomic E-state index is 14.0. The highest BCUT2D eigenvalue weighted by Gasteiger charge is 2.27. The minimum atomic E-state index is -1.30. The van der Waals surface area contributed by atoms with Crippen molar-refractivity contribution in [3.8, 4) is 0 Å². The number of piperazine rings is 1. The monoisotopic (exact) mass is 589 g/mol. The van der Waals surface area contributed by atoms with E-state index in [2.05, 4.69) is 39.4 Å². The third-order valence-electron chi connectivity index (χ3n) is 7.86. The van der Waals surface area contributed by atoms with Crippen LogP contribution in [0.1, 0.15) is 11.9 Å². The number of imidazole rings is 1. The van der Waals surface area contributed by atoms with Crippen molar-refractivity contribution >= 4 is 46.7 Å². The molecular formula is C31H36FN5O4Si. The largest absolute Gasteiger partial charge is 0.421 e. The number of fused-ring (bicyclic) bond motifs is 4. The summed E-state index contributed by atoms with van der Waals surface area (Å²) >= 11 is 0. The van der Waals surface area contributed by atoms with Gasteiger partial charge in [0.1, 0.15) is 35.9 Å². The lowest BCUT2D eigenvalue weighted by molar-refractivity contribution is 0.0666. The molecule has 0 saturated carbocycles. The summed E-state index contributed by atoms with van der Waals surface area (Å²) in [5, 5.41) is 14.0. The predicted molar refractivity (Wildman–Crippen MR) is 165 cm³/mol. The normalized spacial score (nSPS) is 15.7. The van der Waals surface area contributed by atoms with Crippen LogP contribution in [0.4, 0.5) is 10.2 Å². The van der Waals surface area contributed by atoms with Crippen LogP contribution in [0.5, 0.6) is 0 Å². The van der Waals surface area contributed by atoms with Crippen LogP contribution in [0.25, 0.3) is 32.8 Å². The number of hydrogen-bond acceptors (Lipinski definition) is 8. The van der Waals surface area contributed by atoms with Crippen LogP contribution < -0.4 is 10.5 Å². The number of aliphatic hydroxyl groups is 1. The van der Waals surface area contributed by atoms with E-state index in [4.69, 9.17) is 9.15 Å². The molecule has 0 amide bonds. The molecule has 6 rings (SSSR count). The highest BCUT2D eigenvalue weighted by molar-refractivity contribution is 6.76. The third-order valence-corrected chi connectivity index (χ3v) is 9.56. The van der Waals surface area contributed by atoms with Crippen LogP contribution in [0.2, 0.25) is 25.7 Å². The molecule has 11 heteroatoms. The molecule has 2 aromatic carbocycles. The van der Waals surface area contributed by atoms with Crippen LogP contribution in [0, 0.1) is 5.82 Å². The molecule has 0 aliphatic carbocycles. The first-order valence-corrected chi connectivity index (χ1v) is 18.1. The zero-order valence-corrected chi connectivity index (χ0v) is 25.2. The van der Waals surface area contributed by atoms with Gasteiger partial charge < -0.3 is 23.7 Å². The van der Waals surface area contributed by atoms with E-state index in [0.29, 0.717) is 56.3 Å². The van der Waals surface area contributed by atoms with Gasteiger partial charge in [-0.05, 0) is 41.8 Å². The molecule has 1 unspecified atom stereocenters. The van der Waals surface area contributed by atoms with E-state index in [9.17, 15) is 14.3 Å². The summed E-state index contributed by atoms with van der Waals surface area (Å²) < 4.78 is 27.5. The van der Waals surface area contributed by atoms with Gasteiger partial charge in [0.25, 0.3) is 0 Å².